The Bertz CT molecular complexity index is 799. The maximum absolute atomic E-state index is 14.4. The molecule has 4 rings (SSSR count). The number of halogens is 1. The normalized spacial score (nSPS) is 16.8. The molecule has 1 atom stereocenters. The molecule has 0 aliphatic carbocycles. The maximum Gasteiger partial charge on any atom is 0.225 e. The predicted molar refractivity (Wildman–Crippen MR) is 92.6 cm³/mol. The summed E-state index contributed by atoms with van der Waals surface area (Å²) in [4.78, 5) is 13.1. The largest absolute Gasteiger partial charge is 0.338 e. The van der Waals surface area contributed by atoms with Crippen molar-refractivity contribution in [2.75, 3.05) is 31.1 Å². The number of nitrogens with zero attached hydrogens (tertiary/aromatic N) is 5. The zero-order valence-corrected chi connectivity index (χ0v) is 13.7. The van der Waals surface area contributed by atoms with Gasteiger partial charge in [-0.15, -0.1) is 0 Å². The molecule has 25 heavy (non-hydrogen) atoms. The van der Waals surface area contributed by atoms with E-state index in [0.29, 0.717) is 5.56 Å². The first kappa shape index (κ1) is 15.7. The molecule has 3 aromatic rings. The summed E-state index contributed by atoms with van der Waals surface area (Å²) < 4.78 is 14.4. The van der Waals surface area contributed by atoms with Crippen LogP contribution in [-0.2, 0) is 0 Å². The van der Waals surface area contributed by atoms with Crippen molar-refractivity contribution in [2.24, 2.45) is 0 Å². The van der Waals surface area contributed by atoms with Crippen molar-refractivity contribution in [3.8, 4) is 0 Å². The van der Waals surface area contributed by atoms with Gasteiger partial charge in [-0.2, -0.15) is 5.10 Å². The lowest BCUT2D eigenvalue weighted by Gasteiger charge is -2.39. The smallest absolute Gasteiger partial charge is 0.225 e. The quantitative estimate of drug-likeness (QED) is 0.791. The summed E-state index contributed by atoms with van der Waals surface area (Å²) in [6.45, 7) is 3.19. The molecule has 1 fully saturated rings. The topological polar surface area (TPSA) is 60.9 Å². The van der Waals surface area contributed by atoms with E-state index in [0.717, 1.165) is 37.7 Å². The number of benzene rings is 1. The standard InChI is InChI=1S/C18H19FN6/c19-16-5-2-1-4-15(16)17(14-12-22-23-13-14)24-8-10-25(11-9-24)18-20-6-3-7-21-18/h1-7,12-13,17H,8-11H2,(H,22,23). The molecule has 0 bridgehead atoms. The van der Waals surface area contributed by atoms with E-state index in [1.54, 1.807) is 24.7 Å². The first-order valence-corrected chi connectivity index (χ1v) is 8.32. The summed E-state index contributed by atoms with van der Waals surface area (Å²) in [5.41, 5.74) is 1.64. The molecule has 1 unspecified atom stereocenters. The molecule has 1 aliphatic rings. The van der Waals surface area contributed by atoms with Gasteiger partial charge >= 0.3 is 0 Å². The Kier molecular flexibility index (Phi) is 4.39. The van der Waals surface area contributed by atoms with Gasteiger partial charge in [-0.1, -0.05) is 18.2 Å². The number of aromatic nitrogens is 4. The summed E-state index contributed by atoms with van der Waals surface area (Å²) >= 11 is 0. The van der Waals surface area contributed by atoms with Crippen molar-refractivity contribution in [3.63, 3.8) is 0 Å². The highest BCUT2D eigenvalue weighted by molar-refractivity contribution is 5.33. The van der Waals surface area contributed by atoms with Gasteiger partial charge in [0.05, 0.1) is 12.2 Å². The predicted octanol–water partition coefficient (Wildman–Crippen LogP) is 2.25. The van der Waals surface area contributed by atoms with Crippen molar-refractivity contribution in [1.82, 2.24) is 25.1 Å². The molecule has 3 heterocycles. The monoisotopic (exact) mass is 338 g/mol. The highest BCUT2D eigenvalue weighted by atomic mass is 19.1. The van der Waals surface area contributed by atoms with E-state index in [9.17, 15) is 4.39 Å². The van der Waals surface area contributed by atoms with Crippen LogP contribution in [-0.4, -0.2) is 51.2 Å². The molecule has 0 spiro atoms. The molecule has 1 saturated heterocycles. The fourth-order valence-corrected chi connectivity index (χ4v) is 3.33. The lowest BCUT2D eigenvalue weighted by molar-refractivity contribution is 0.208. The molecule has 0 saturated carbocycles. The van der Waals surface area contributed by atoms with Crippen LogP contribution in [0.1, 0.15) is 17.2 Å². The van der Waals surface area contributed by atoms with Crippen LogP contribution < -0.4 is 4.90 Å². The molecular weight excluding hydrogens is 319 g/mol. The third-order valence-electron chi connectivity index (χ3n) is 4.55. The van der Waals surface area contributed by atoms with Crippen LogP contribution in [0.25, 0.3) is 0 Å². The minimum Gasteiger partial charge on any atom is -0.338 e. The Morgan fingerprint density at radius 1 is 1.00 bits per heavy atom. The Morgan fingerprint density at radius 3 is 2.44 bits per heavy atom. The first-order valence-electron chi connectivity index (χ1n) is 8.32. The van der Waals surface area contributed by atoms with Crippen LogP contribution in [0.4, 0.5) is 10.3 Å². The molecule has 1 aliphatic heterocycles. The van der Waals surface area contributed by atoms with Crippen molar-refractivity contribution >= 4 is 5.95 Å². The van der Waals surface area contributed by atoms with Gasteiger partial charge in [0.1, 0.15) is 5.82 Å². The van der Waals surface area contributed by atoms with Crippen molar-refractivity contribution in [2.45, 2.75) is 6.04 Å². The third-order valence-corrected chi connectivity index (χ3v) is 4.55. The van der Waals surface area contributed by atoms with Crippen molar-refractivity contribution in [1.29, 1.82) is 0 Å². The van der Waals surface area contributed by atoms with Gasteiger partial charge in [-0.25, -0.2) is 14.4 Å². The molecule has 2 aromatic heterocycles. The summed E-state index contributed by atoms with van der Waals surface area (Å²) in [7, 11) is 0. The van der Waals surface area contributed by atoms with Crippen LogP contribution in [0.2, 0.25) is 0 Å². The van der Waals surface area contributed by atoms with Gasteiger partial charge < -0.3 is 4.90 Å². The van der Waals surface area contributed by atoms with Gasteiger partial charge in [0.25, 0.3) is 0 Å². The van der Waals surface area contributed by atoms with E-state index in [2.05, 4.69) is 30.0 Å². The van der Waals surface area contributed by atoms with E-state index in [1.165, 1.54) is 6.07 Å². The maximum atomic E-state index is 14.4. The fourth-order valence-electron chi connectivity index (χ4n) is 3.33. The Morgan fingerprint density at radius 2 is 1.76 bits per heavy atom. The Hall–Kier alpha value is -2.80. The second kappa shape index (κ2) is 6.98. The molecule has 1 aromatic carbocycles. The third kappa shape index (κ3) is 3.23. The molecule has 7 heteroatoms. The average Bonchev–Trinajstić information content (AvgIpc) is 3.19. The number of rotatable bonds is 4. The molecule has 128 valence electrons. The number of H-pyrrole nitrogens is 1. The molecule has 1 N–H and O–H groups in total. The van der Waals surface area contributed by atoms with E-state index in [-0.39, 0.29) is 11.9 Å². The van der Waals surface area contributed by atoms with E-state index in [1.807, 2.05) is 24.4 Å². The zero-order valence-electron chi connectivity index (χ0n) is 13.7. The summed E-state index contributed by atoms with van der Waals surface area (Å²) in [5, 5.41) is 6.89. The molecular formula is C18H19FN6. The van der Waals surface area contributed by atoms with Gasteiger partial charge in [0.2, 0.25) is 5.95 Å². The number of nitrogens with one attached hydrogen (secondary N) is 1. The highest BCUT2D eigenvalue weighted by Crippen LogP contribution is 2.31. The highest BCUT2D eigenvalue weighted by Gasteiger charge is 2.29. The summed E-state index contributed by atoms with van der Waals surface area (Å²) in [6.07, 6.45) is 7.11. The lowest BCUT2D eigenvalue weighted by Crippen LogP contribution is -2.48. The summed E-state index contributed by atoms with van der Waals surface area (Å²) in [6, 6.07) is 8.61. The number of anilines is 1. The second-order valence-corrected chi connectivity index (χ2v) is 6.03. The lowest BCUT2D eigenvalue weighted by atomic mass is 9.98. The van der Waals surface area contributed by atoms with Gasteiger partial charge in [0.15, 0.2) is 0 Å². The number of aromatic amines is 1. The Labute approximate surface area is 145 Å². The van der Waals surface area contributed by atoms with Crippen LogP contribution in [0.5, 0.6) is 0 Å². The average molecular weight is 338 g/mol. The van der Waals surface area contributed by atoms with Crippen LogP contribution in [0, 0.1) is 5.82 Å². The fraction of sp³-hybridized carbons (Fsp3) is 0.278. The molecule has 0 radical (unpaired) electrons. The van der Waals surface area contributed by atoms with Gasteiger partial charge in [-0.05, 0) is 12.1 Å². The SMILES string of the molecule is Fc1ccccc1C(c1cn[nH]c1)N1CCN(c2ncccn2)CC1. The van der Waals surface area contributed by atoms with E-state index in [4.69, 9.17) is 0 Å². The van der Waals surface area contributed by atoms with Gasteiger partial charge in [-0.3, -0.25) is 10.00 Å². The van der Waals surface area contributed by atoms with Gasteiger partial charge in [0, 0.05) is 55.9 Å². The summed E-state index contributed by atoms with van der Waals surface area (Å²) in [5.74, 6) is 0.551. The molecule has 6 nitrogen and oxygen atoms in total. The zero-order chi connectivity index (χ0) is 17.1. The minimum atomic E-state index is -0.192. The van der Waals surface area contributed by atoms with E-state index >= 15 is 0 Å². The Balaban J connectivity index is 1.57. The number of hydrogen-bond acceptors (Lipinski definition) is 5. The van der Waals surface area contributed by atoms with Crippen LogP contribution >= 0.6 is 0 Å². The minimum absolute atomic E-state index is 0.154. The second-order valence-electron chi connectivity index (χ2n) is 6.03. The van der Waals surface area contributed by atoms with Crippen molar-refractivity contribution in [3.05, 3.63) is 72.1 Å². The van der Waals surface area contributed by atoms with Crippen molar-refractivity contribution < 1.29 is 4.39 Å². The van der Waals surface area contributed by atoms with Crippen LogP contribution in [0.15, 0.2) is 55.1 Å². The number of hydrogen-bond donors (Lipinski definition) is 1. The first-order chi connectivity index (χ1) is 12.3. The van der Waals surface area contributed by atoms with Crippen LogP contribution in [0.3, 0.4) is 0 Å². The molecule has 0 amide bonds. The number of piperazine rings is 1. The van der Waals surface area contributed by atoms with E-state index < -0.39 is 0 Å².